The van der Waals surface area contributed by atoms with Crippen molar-refractivity contribution in [2.24, 2.45) is 0 Å². The van der Waals surface area contributed by atoms with E-state index in [1.165, 1.54) is 28.6 Å². The number of H-pyrrole nitrogens is 1. The smallest absolute Gasteiger partial charge is 0.232 e. The molecule has 3 aromatic rings. The van der Waals surface area contributed by atoms with Crippen LogP contribution < -0.4 is 9.47 Å². The van der Waals surface area contributed by atoms with E-state index in [9.17, 15) is 0 Å². The highest BCUT2D eigenvalue weighted by Gasteiger charge is 2.17. The average molecular weight is 323 g/mol. The van der Waals surface area contributed by atoms with E-state index in [0.29, 0.717) is 12.5 Å². The predicted molar refractivity (Wildman–Crippen MR) is 92.5 cm³/mol. The fourth-order valence-corrected chi connectivity index (χ4v) is 3.19. The summed E-state index contributed by atoms with van der Waals surface area (Å²) >= 11 is 0. The summed E-state index contributed by atoms with van der Waals surface area (Å²) in [6, 6.07) is 6.21. The number of aromatic amines is 1. The number of hydrogen-bond donors (Lipinski definition) is 1. The quantitative estimate of drug-likeness (QED) is 0.775. The van der Waals surface area contributed by atoms with Crippen molar-refractivity contribution in [3.05, 3.63) is 47.5 Å². The van der Waals surface area contributed by atoms with E-state index in [2.05, 4.69) is 27.1 Å². The second-order valence-electron chi connectivity index (χ2n) is 6.44. The van der Waals surface area contributed by atoms with Crippen LogP contribution in [0.5, 0.6) is 11.6 Å². The molecule has 5 nitrogen and oxygen atoms in total. The number of hydrogen-bond acceptors (Lipinski definition) is 4. The fraction of sp³-hybridized carbons (Fsp3) is 0.368. The Kier molecular flexibility index (Phi) is 3.84. The van der Waals surface area contributed by atoms with E-state index < -0.39 is 0 Å². The summed E-state index contributed by atoms with van der Waals surface area (Å²) in [4.78, 5) is 12.1. The first-order valence-corrected chi connectivity index (χ1v) is 8.43. The molecule has 5 heteroatoms. The molecule has 0 unspecified atom stereocenters. The molecule has 0 saturated heterocycles. The number of rotatable bonds is 5. The Morgan fingerprint density at radius 2 is 2.08 bits per heavy atom. The molecule has 1 aliphatic rings. The van der Waals surface area contributed by atoms with Crippen LogP contribution in [0.1, 0.15) is 37.2 Å². The van der Waals surface area contributed by atoms with Crippen molar-refractivity contribution in [1.82, 2.24) is 15.0 Å². The van der Waals surface area contributed by atoms with Gasteiger partial charge in [-0.2, -0.15) is 0 Å². The molecule has 2 aromatic heterocycles. The number of benzene rings is 1. The van der Waals surface area contributed by atoms with Gasteiger partial charge in [0.2, 0.25) is 5.88 Å². The zero-order valence-corrected chi connectivity index (χ0v) is 14.0. The van der Waals surface area contributed by atoms with E-state index in [1.807, 2.05) is 19.9 Å². The minimum absolute atomic E-state index is 0.0937. The SMILES string of the molecule is CC(C)Oc1cnc(COc2ccc3[nH]c4c(c3c2)CCC4)cn1. The number of nitrogens with zero attached hydrogens (tertiary/aromatic N) is 2. The summed E-state index contributed by atoms with van der Waals surface area (Å²) in [6.45, 7) is 4.33. The largest absolute Gasteiger partial charge is 0.487 e. The van der Waals surface area contributed by atoms with Gasteiger partial charge in [-0.05, 0) is 56.9 Å². The average Bonchev–Trinajstić information content (AvgIpc) is 3.14. The van der Waals surface area contributed by atoms with Crippen molar-refractivity contribution in [1.29, 1.82) is 0 Å². The molecule has 2 heterocycles. The highest BCUT2D eigenvalue weighted by Crippen LogP contribution is 2.32. The van der Waals surface area contributed by atoms with Crippen molar-refractivity contribution >= 4 is 10.9 Å². The maximum Gasteiger partial charge on any atom is 0.232 e. The highest BCUT2D eigenvalue weighted by molar-refractivity contribution is 5.86. The van der Waals surface area contributed by atoms with Gasteiger partial charge in [-0.25, -0.2) is 4.98 Å². The minimum atomic E-state index is 0.0937. The molecule has 0 radical (unpaired) electrons. The van der Waals surface area contributed by atoms with Gasteiger partial charge < -0.3 is 14.5 Å². The van der Waals surface area contributed by atoms with Crippen LogP contribution in [0.25, 0.3) is 10.9 Å². The molecule has 1 aliphatic carbocycles. The van der Waals surface area contributed by atoms with E-state index in [4.69, 9.17) is 9.47 Å². The minimum Gasteiger partial charge on any atom is -0.487 e. The molecule has 0 bridgehead atoms. The third-order valence-electron chi connectivity index (χ3n) is 4.24. The second kappa shape index (κ2) is 6.15. The fourth-order valence-electron chi connectivity index (χ4n) is 3.19. The molecule has 0 atom stereocenters. The van der Waals surface area contributed by atoms with Crippen molar-refractivity contribution in [2.45, 2.75) is 45.8 Å². The van der Waals surface area contributed by atoms with Gasteiger partial charge in [0.1, 0.15) is 12.4 Å². The van der Waals surface area contributed by atoms with E-state index in [-0.39, 0.29) is 6.10 Å². The molecule has 124 valence electrons. The molecule has 24 heavy (non-hydrogen) atoms. The monoisotopic (exact) mass is 323 g/mol. The molecule has 0 spiro atoms. The van der Waals surface area contributed by atoms with Gasteiger partial charge in [0.15, 0.2) is 0 Å². The Morgan fingerprint density at radius 1 is 1.17 bits per heavy atom. The number of aryl methyl sites for hydroxylation is 2. The van der Waals surface area contributed by atoms with Gasteiger partial charge in [0.05, 0.1) is 24.2 Å². The van der Waals surface area contributed by atoms with Gasteiger partial charge in [-0.15, -0.1) is 0 Å². The zero-order chi connectivity index (χ0) is 16.5. The first kappa shape index (κ1) is 15.0. The zero-order valence-electron chi connectivity index (χ0n) is 14.0. The van der Waals surface area contributed by atoms with Crippen LogP contribution >= 0.6 is 0 Å². The van der Waals surface area contributed by atoms with Gasteiger partial charge in [-0.3, -0.25) is 4.98 Å². The summed E-state index contributed by atoms with van der Waals surface area (Å²) in [5.41, 5.74) is 4.81. The van der Waals surface area contributed by atoms with Crippen LogP contribution in [-0.2, 0) is 19.4 Å². The lowest BCUT2D eigenvalue weighted by atomic mass is 10.1. The molecule has 0 fully saturated rings. The standard InChI is InChI=1S/C19H21N3O2/c1-12(2)24-19-10-20-13(9-21-19)11-23-14-6-7-18-16(8-14)15-4-3-5-17(15)22-18/h6-10,12,22H,3-5,11H2,1-2H3. The molecule has 0 amide bonds. The van der Waals surface area contributed by atoms with Gasteiger partial charge in [-0.1, -0.05) is 0 Å². The molecule has 4 rings (SSSR count). The molecule has 1 N–H and O–H groups in total. The molecular weight excluding hydrogens is 302 g/mol. The normalized spacial score (nSPS) is 13.5. The molecule has 1 aromatic carbocycles. The molecule has 0 aliphatic heterocycles. The van der Waals surface area contributed by atoms with Crippen molar-refractivity contribution in [3.63, 3.8) is 0 Å². The Hall–Kier alpha value is -2.56. The maximum atomic E-state index is 5.89. The summed E-state index contributed by atoms with van der Waals surface area (Å²) in [6.07, 6.45) is 6.98. The highest BCUT2D eigenvalue weighted by atomic mass is 16.5. The lowest BCUT2D eigenvalue weighted by Crippen LogP contribution is -2.08. The van der Waals surface area contributed by atoms with Crippen LogP contribution in [0.4, 0.5) is 0 Å². The van der Waals surface area contributed by atoms with Gasteiger partial charge in [0.25, 0.3) is 0 Å². The maximum absolute atomic E-state index is 5.89. The summed E-state index contributed by atoms with van der Waals surface area (Å²) in [7, 11) is 0. The number of ether oxygens (including phenoxy) is 2. The van der Waals surface area contributed by atoms with Crippen LogP contribution in [0.3, 0.4) is 0 Å². The van der Waals surface area contributed by atoms with E-state index in [0.717, 1.165) is 24.3 Å². The van der Waals surface area contributed by atoms with Crippen molar-refractivity contribution in [2.75, 3.05) is 0 Å². The predicted octanol–water partition coefficient (Wildman–Crippen LogP) is 3.81. The number of aromatic nitrogens is 3. The summed E-state index contributed by atoms with van der Waals surface area (Å²) in [5, 5.41) is 1.28. The Bertz CT molecular complexity index is 853. The third kappa shape index (κ3) is 2.94. The Labute approximate surface area is 141 Å². The van der Waals surface area contributed by atoms with E-state index >= 15 is 0 Å². The van der Waals surface area contributed by atoms with E-state index in [1.54, 1.807) is 12.4 Å². The van der Waals surface area contributed by atoms with Crippen LogP contribution in [0.15, 0.2) is 30.6 Å². The first-order chi connectivity index (χ1) is 11.7. The topological polar surface area (TPSA) is 60.0 Å². The number of nitrogens with one attached hydrogen (secondary N) is 1. The summed E-state index contributed by atoms with van der Waals surface area (Å²) in [5.74, 6) is 1.40. The third-order valence-corrected chi connectivity index (χ3v) is 4.24. The Balaban J connectivity index is 1.46. The number of fused-ring (bicyclic) bond motifs is 3. The Morgan fingerprint density at radius 3 is 2.88 bits per heavy atom. The van der Waals surface area contributed by atoms with Gasteiger partial charge >= 0.3 is 0 Å². The van der Waals surface area contributed by atoms with Crippen molar-refractivity contribution in [3.8, 4) is 11.6 Å². The molecule has 0 saturated carbocycles. The van der Waals surface area contributed by atoms with Gasteiger partial charge in [0, 0.05) is 16.6 Å². The summed E-state index contributed by atoms with van der Waals surface area (Å²) < 4.78 is 11.4. The van der Waals surface area contributed by atoms with Crippen LogP contribution in [-0.4, -0.2) is 21.1 Å². The first-order valence-electron chi connectivity index (χ1n) is 8.43. The second-order valence-corrected chi connectivity index (χ2v) is 6.44. The lowest BCUT2D eigenvalue weighted by molar-refractivity contribution is 0.230. The van der Waals surface area contributed by atoms with Crippen molar-refractivity contribution < 1.29 is 9.47 Å². The van der Waals surface area contributed by atoms with Crippen LogP contribution in [0, 0.1) is 0 Å². The molecular formula is C19H21N3O2. The lowest BCUT2D eigenvalue weighted by Gasteiger charge is -2.09. The van der Waals surface area contributed by atoms with Crippen LogP contribution in [0.2, 0.25) is 0 Å².